The van der Waals surface area contributed by atoms with Gasteiger partial charge in [0.05, 0.1) is 5.60 Å². The monoisotopic (exact) mass is 213 g/mol. The zero-order valence-electron chi connectivity index (χ0n) is 9.88. The van der Waals surface area contributed by atoms with Crippen molar-refractivity contribution in [3.63, 3.8) is 0 Å². The fourth-order valence-corrected chi connectivity index (χ4v) is 2.97. The summed E-state index contributed by atoms with van der Waals surface area (Å²) >= 11 is 0. The van der Waals surface area contributed by atoms with Gasteiger partial charge in [-0.1, -0.05) is 6.92 Å². The van der Waals surface area contributed by atoms with E-state index in [2.05, 4.69) is 6.92 Å². The first-order chi connectivity index (χ1) is 6.97. The van der Waals surface area contributed by atoms with E-state index in [9.17, 15) is 5.11 Å². The molecular formula is C12H23NO2. The van der Waals surface area contributed by atoms with Crippen molar-refractivity contribution in [2.45, 2.75) is 45.1 Å². The normalized spacial score (nSPS) is 32.0. The quantitative estimate of drug-likeness (QED) is 0.743. The summed E-state index contributed by atoms with van der Waals surface area (Å²) in [6.45, 7) is 6.21. The molecule has 3 nitrogen and oxygen atoms in total. The Morgan fingerprint density at radius 2 is 1.80 bits per heavy atom. The fraction of sp³-hybridized carbons (Fsp3) is 1.00. The van der Waals surface area contributed by atoms with E-state index >= 15 is 0 Å². The first kappa shape index (κ1) is 11.4. The largest absolute Gasteiger partial charge is 0.389 e. The fourth-order valence-electron chi connectivity index (χ4n) is 2.97. The van der Waals surface area contributed by atoms with Crippen LogP contribution in [0.2, 0.25) is 0 Å². The van der Waals surface area contributed by atoms with Gasteiger partial charge in [0.25, 0.3) is 0 Å². The van der Waals surface area contributed by atoms with Crippen LogP contribution in [0.25, 0.3) is 0 Å². The standard InChI is InChI=1S/C12H23NO2/c1-10(3-4-10)11(2,14)12(9-13)5-7-15-8-6-12/h14H,3-9,13H2,1-2H3. The minimum Gasteiger partial charge on any atom is -0.389 e. The molecule has 2 fully saturated rings. The highest BCUT2D eigenvalue weighted by atomic mass is 16.5. The average molecular weight is 213 g/mol. The number of hydrogen-bond acceptors (Lipinski definition) is 3. The lowest BCUT2D eigenvalue weighted by atomic mass is 9.61. The van der Waals surface area contributed by atoms with Crippen molar-refractivity contribution in [2.24, 2.45) is 16.6 Å². The zero-order chi connectivity index (χ0) is 11.2. The predicted octanol–water partition coefficient (Wildman–Crippen LogP) is 1.29. The second-order valence-electron chi connectivity index (χ2n) is 5.73. The Labute approximate surface area is 92.0 Å². The van der Waals surface area contributed by atoms with Gasteiger partial charge in [-0.25, -0.2) is 0 Å². The third-order valence-corrected chi connectivity index (χ3v) is 5.05. The molecule has 0 spiro atoms. The summed E-state index contributed by atoms with van der Waals surface area (Å²) < 4.78 is 5.39. The van der Waals surface area contributed by atoms with Crippen LogP contribution in [0.15, 0.2) is 0 Å². The van der Waals surface area contributed by atoms with Gasteiger partial charge in [-0.15, -0.1) is 0 Å². The van der Waals surface area contributed by atoms with E-state index in [0.29, 0.717) is 6.54 Å². The van der Waals surface area contributed by atoms with E-state index in [1.54, 1.807) is 0 Å². The van der Waals surface area contributed by atoms with Gasteiger partial charge in [0.1, 0.15) is 0 Å². The van der Waals surface area contributed by atoms with Gasteiger partial charge in [0.2, 0.25) is 0 Å². The number of hydrogen-bond donors (Lipinski definition) is 2. The minimum absolute atomic E-state index is 0.0870. The van der Waals surface area contributed by atoms with Crippen molar-refractivity contribution in [1.29, 1.82) is 0 Å². The molecule has 3 heteroatoms. The molecule has 0 aromatic rings. The van der Waals surface area contributed by atoms with Crippen LogP contribution in [0.1, 0.15) is 39.5 Å². The van der Waals surface area contributed by atoms with Crippen LogP contribution in [0.4, 0.5) is 0 Å². The number of nitrogens with two attached hydrogens (primary N) is 1. The number of aliphatic hydroxyl groups is 1. The highest BCUT2D eigenvalue weighted by Crippen LogP contribution is 2.61. The Morgan fingerprint density at radius 3 is 2.20 bits per heavy atom. The molecule has 0 aromatic carbocycles. The molecule has 0 bridgehead atoms. The molecule has 0 radical (unpaired) electrons. The highest BCUT2D eigenvalue weighted by Gasteiger charge is 2.61. The molecular weight excluding hydrogens is 190 g/mol. The molecule has 1 atom stereocenters. The van der Waals surface area contributed by atoms with Gasteiger partial charge in [-0.3, -0.25) is 0 Å². The van der Waals surface area contributed by atoms with Gasteiger partial charge in [0.15, 0.2) is 0 Å². The molecule has 2 rings (SSSR count). The van der Waals surface area contributed by atoms with E-state index < -0.39 is 5.60 Å². The van der Waals surface area contributed by atoms with Crippen LogP contribution in [0.5, 0.6) is 0 Å². The number of rotatable bonds is 3. The maximum absolute atomic E-state index is 10.9. The summed E-state index contributed by atoms with van der Waals surface area (Å²) in [5, 5.41) is 10.9. The van der Waals surface area contributed by atoms with Crippen molar-refractivity contribution in [2.75, 3.05) is 19.8 Å². The Balaban J connectivity index is 2.23. The lowest BCUT2D eigenvalue weighted by Crippen LogP contribution is -2.57. The lowest BCUT2D eigenvalue weighted by molar-refractivity contribution is -0.154. The van der Waals surface area contributed by atoms with E-state index in [4.69, 9.17) is 10.5 Å². The SMILES string of the molecule is CC1(C(C)(O)C2(CN)CCOCC2)CC1. The summed E-state index contributed by atoms with van der Waals surface area (Å²) in [7, 11) is 0. The summed E-state index contributed by atoms with van der Waals surface area (Å²) in [5.74, 6) is 0. The molecule has 3 N–H and O–H groups in total. The Kier molecular flexibility index (Phi) is 2.61. The number of ether oxygens (including phenoxy) is 1. The van der Waals surface area contributed by atoms with Crippen molar-refractivity contribution in [3.05, 3.63) is 0 Å². The van der Waals surface area contributed by atoms with Crippen LogP contribution in [0.3, 0.4) is 0 Å². The summed E-state index contributed by atoms with van der Waals surface area (Å²) in [4.78, 5) is 0. The topological polar surface area (TPSA) is 55.5 Å². The molecule has 0 amide bonds. The second-order valence-corrected chi connectivity index (χ2v) is 5.73. The van der Waals surface area contributed by atoms with Gasteiger partial charge >= 0.3 is 0 Å². The van der Waals surface area contributed by atoms with E-state index in [1.165, 1.54) is 0 Å². The Hall–Kier alpha value is -0.120. The van der Waals surface area contributed by atoms with Gasteiger partial charge in [0, 0.05) is 25.2 Å². The maximum Gasteiger partial charge on any atom is 0.0742 e. The van der Waals surface area contributed by atoms with Crippen LogP contribution in [0, 0.1) is 10.8 Å². The average Bonchev–Trinajstić information content (AvgIpc) is 2.99. The molecule has 1 saturated heterocycles. The molecule has 2 aliphatic rings. The first-order valence-electron chi connectivity index (χ1n) is 5.98. The molecule has 1 unspecified atom stereocenters. The molecule has 15 heavy (non-hydrogen) atoms. The molecule has 0 aromatic heterocycles. The zero-order valence-corrected chi connectivity index (χ0v) is 9.88. The van der Waals surface area contributed by atoms with Crippen LogP contribution in [-0.4, -0.2) is 30.5 Å². The van der Waals surface area contributed by atoms with Crippen molar-refractivity contribution < 1.29 is 9.84 Å². The molecule has 88 valence electrons. The third kappa shape index (κ3) is 1.52. The van der Waals surface area contributed by atoms with Crippen molar-refractivity contribution >= 4 is 0 Å². The highest BCUT2D eigenvalue weighted by molar-refractivity contribution is 5.12. The molecule has 1 heterocycles. The summed E-state index contributed by atoms with van der Waals surface area (Å²) in [6, 6.07) is 0. The summed E-state index contributed by atoms with van der Waals surface area (Å²) in [6.07, 6.45) is 4.05. The van der Waals surface area contributed by atoms with E-state index in [0.717, 1.165) is 38.9 Å². The lowest BCUT2D eigenvalue weighted by Gasteiger charge is -2.50. The minimum atomic E-state index is -0.640. The molecule has 1 aliphatic carbocycles. The van der Waals surface area contributed by atoms with Crippen LogP contribution in [-0.2, 0) is 4.74 Å². The van der Waals surface area contributed by atoms with E-state index in [-0.39, 0.29) is 10.8 Å². The summed E-state index contributed by atoms with van der Waals surface area (Å²) in [5.41, 5.74) is 5.25. The smallest absolute Gasteiger partial charge is 0.0742 e. The third-order valence-electron chi connectivity index (χ3n) is 5.05. The predicted molar refractivity (Wildman–Crippen MR) is 59.5 cm³/mol. The van der Waals surface area contributed by atoms with Gasteiger partial charge < -0.3 is 15.6 Å². The second kappa shape index (κ2) is 3.44. The van der Waals surface area contributed by atoms with Crippen LogP contribution >= 0.6 is 0 Å². The molecule has 1 saturated carbocycles. The van der Waals surface area contributed by atoms with E-state index in [1.807, 2.05) is 6.92 Å². The Bertz CT molecular complexity index is 240. The van der Waals surface area contributed by atoms with Gasteiger partial charge in [-0.2, -0.15) is 0 Å². The van der Waals surface area contributed by atoms with Crippen molar-refractivity contribution in [1.82, 2.24) is 0 Å². The first-order valence-corrected chi connectivity index (χ1v) is 5.98. The van der Waals surface area contributed by atoms with Crippen molar-refractivity contribution in [3.8, 4) is 0 Å². The maximum atomic E-state index is 10.9. The van der Waals surface area contributed by atoms with Crippen LogP contribution < -0.4 is 5.73 Å². The molecule has 1 aliphatic heterocycles. The van der Waals surface area contributed by atoms with Gasteiger partial charge in [-0.05, 0) is 38.0 Å². The Morgan fingerprint density at radius 1 is 1.27 bits per heavy atom.